The number of aromatic nitrogens is 1. The van der Waals surface area contributed by atoms with Crippen LogP contribution in [0.25, 0.3) is 0 Å². The largest absolute Gasteiger partial charge is 0.368 e. The molecule has 0 saturated heterocycles. The number of hydrogen-bond donors (Lipinski definition) is 2. The van der Waals surface area contributed by atoms with E-state index in [9.17, 15) is 4.79 Å². The third kappa shape index (κ3) is 4.31. The fraction of sp³-hybridized carbons (Fsp3) is 0.400. The van der Waals surface area contributed by atoms with Crippen LogP contribution in [0.1, 0.15) is 6.42 Å². The molecule has 0 bridgehead atoms. The van der Waals surface area contributed by atoms with Gasteiger partial charge in [0.1, 0.15) is 0 Å². The number of nitrogens with one attached hydrogen (secondary N) is 1. The molecule has 1 aromatic rings. The molecule has 0 spiro atoms. The highest BCUT2D eigenvalue weighted by Crippen LogP contribution is 2.17. The minimum absolute atomic E-state index is 0.237. The Morgan fingerprint density at radius 2 is 2.27 bits per heavy atom. The van der Waals surface area contributed by atoms with Gasteiger partial charge in [-0.05, 0) is 31.4 Å². The highest BCUT2D eigenvalue weighted by Gasteiger charge is 2.11. The van der Waals surface area contributed by atoms with Crippen molar-refractivity contribution >= 4 is 17.7 Å². The monoisotopic (exact) mass is 225 g/mol. The predicted octanol–water partition coefficient (Wildman–Crippen LogP) is 0.637. The summed E-state index contributed by atoms with van der Waals surface area (Å²) in [5.74, 6) is 0.561. The summed E-state index contributed by atoms with van der Waals surface area (Å²) in [5.41, 5.74) is 5.21. The Balaban J connectivity index is 2.30. The number of carbonyl (C=O) groups is 1. The van der Waals surface area contributed by atoms with Gasteiger partial charge < -0.3 is 11.1 Å². The van der Waals surface area contributed by atoms with Crippen molar-refractivity contribution in [3.63, 3.8) is 0 Å². The Morgan fingerprint density at radius 3 is 2.80 bits per heavy atom. The lowest BCUT2D eigenvalue weighted by Gasteiger charge is -2.11. The summed E-state index contributed by atoms with van der Waals surface area (Å²) in [6.45, 7) is 0. The third-order valence-electron chi connectivity index (χ3n) is 2.02. The Morgan fingerprint density at radius 1 is 1.60 bits per heavy atom. The van der Waals surface area contributed by atoms with Gasteiger partial charge in [0.25, 0.3) is 0 Å². The standard InChI is InChI=1S/C10H15N3OS/c1-12-9(10(11)14)4-7-15-8-2-5-13-6-3-8/h2-3,5-6,9,12H,4,7H2,1H3,(H2,11,14). The summed E-state index contributed by atoms with van der Waals surface area (Å²) in [6, 6.07) is 3.66. The molecule has 5 heteroatoms. The van der Waals surface area contributed by atoms with Crippen LogP contribution in [0.15, 0.2) is 29.4 Å². The first kappa shape index (κ1) is 12.0. The van der Waals surface area contributed by atoms with E-state index < -0.39 is 0 Å². The second kappa shape index (κ2) is 6.42. The first-order chi connectivity index (χ1) is 7.24. The van der Waals surface area contributed by atoms with E-state index in [0.29, 0.717) is 0 Å². The number of carbonyl (C=O) groups excluding carboxylic acids is 1. The van der Waals surface area contributed by atoms with Gasteiger partial charge >= 0.3 is 0 Å². The molecule has 1 atom stereocenters. The van der Waals surface area contributed by atoms with Gasteiger partial charge in [-0.15, -0.1) is 11.8 Å². The highest BCUT2D eigenvalue weighted by atomic mass is 32.2. The van der Waals surface area contributed by atoms with Crippen LogP contribution in [0.5, 0.6) is 0 Å². The second-order valence-corrected chi connectivity index (χ2v) is 4.23. The van der Waals surface area contributed by atoms with Gasteiger partial charge in [0.15, 0.2) is 0 Å². The molecule has 1 rings (SSSR count). The van der Waals surface area contributed by atoms with E-state index >= 15 is 0 Å². The summed E-state index contributed by atoms with van der Waals surface area (Å²) < 4.78 is 0. The zero-order valence-corrected chi connectivity index (χ0v) is 9.46. The number of hydrogen-bond acceptors (Lipinski definition) is 4. The van der Waals surface area contributed by atoms with E-state index in [0.717, 1.165) is 17.1 Å². The number of likely N-dealkylation sites (N-methyl/N-ethyl adjacent to an activating group) is 1. The zero-order valence-electron chi connectivity index (χ0n) is 8.64. The summed E-state index contributed by atoms with van der Waals surface area (Å²) in [7, 11) is 1.74. The maximum Gasteiger partial charge on any atom is 0.234 e. The fourth-order valence-electron chi connectivity index (χ4n) is 1.16. The normalized spacial score (nSPS) is 12.3. The van der Waals surface area contributed by atoms with Gasteiger partial charge in [0, 0.05) is 17.3 Å². The van der Waals surface area contributed by atoms with E-state index in [-0.39, 0.29) is 11.9 Å². The number of amides is 1. The van der Waals surface area contributed by atoms with Crippen molar-refractivity contribution in [3.8, 4) is 0 Å². The van der Waals surface area contributed by atoms with Gasteiger partial charge in [0.2, 0.25) is 5.91 Å². The van der Waals surface area contributed by atoms with Crippen molar-refractivity contribution in [1.82, 2.24) is 10.3 Å². The molecule has 1 aromatic heterocycles. The van der Waals surface area contributed by atoms with Gasteiger partial charge in [-0.3, -0.25) is 9.78 Å². The number of primary amides is 1. The number of thioether (sulfide) groups is 1. The molecule has 3 N–H and O–H groups in total. The van der Waals surface area contributed by atoms with Gasteiger partial charge in [-0.1, -0.05) is 0 Å². The molecule has 1 heterocycles. The first-order valence-corrected chi connectivity index (χ1v) is 5.72. The van der Waals surface area contributed by atoms with E-state index in [1.165, 1.54) is 0 Å². The van der Waals surface area contributed by atoms with Crippen LogP contribution < -0.4 is 11.1 Å². The first-order valence-electron chi connectivity index (χ1n) is 4.73. The molecule has 0 radical (unpaired) electrons. The van der Waals surface area contributed by atoms with Crippen LogP contribution in [0.4, 0.5) is 0 Å². The molecule has 0 fully saturated rings. The lowest BCUT2D eigenvalue weighted by Crippen LogP contribution is -2.39. The topological polar surface area (TPSA) is 68.0 Å². The molecular formula is C10H15N3OS. The molecule has 0 aliphatic carbocycles. The summed E-state index contributed by atoms with van der Waals surface area (Å²) in [4.78, 5) is 16.0. The average molecular weight is 225 g/mol. The molecule has 0 aliphatic rings. The van der Waals surface area contributed by atoms with Gasteiger partial charge in [0.05, 0.1) is 6.04 Å². The maximum absolute atomic E-state index is 10.9. The Bertz CT molecular complexity index is 305. The molecule has 0 aliphatic heterocycles. The smallest absolute Gasteiger partial charge is 0.234 e. The van der Waals surface area contributed by atoms with E-state index in [1.54, 1.807) is 31.2 Å². The quantitative estimate of drug-likeness (QED) is 0.697. The molecule has 82 valence electrons. The van der Waals surface area contributed by atoms with Crippen LogP contribution in [0.2, 0.25) is 0 Å². The van der Waals surface area contributed by atoms with Crippen molar-refractivity contribution in [2.24, 2.45) is 5.73 Å². The number of nitrogens with two attached hydrogens (primary N) is 1. The molecule has 1 amide bonds. The molecule has 0 saturated carbocycles. The maximum atomic E-state index is 10.9. The van der Waals surface area contributed by atoms with Gasteiger partial charge in [-0.25, -0.2) is 0 Å². The zero-order chi connectivity index (χ0) is 11.1. The Labute approximate surface area is 93.7 Å². The summed E-state index contributed by atoms with van der Waals surface area (Å²) in [5, 5.41) is 2.89. The van der Waals surface area contributed by atoms with Crippen molar-refractivity contribution in [2.75, 3.05) is 12.8 Å². The van der Waals surface area contributed by atoms with Crippen LogP contribution in [-0.4, -0.2) is 29.7 Å². The minimum Gasteiger partial charge on any atom is -0.368 e. The fourth-order valence-corrected chi connectivity index (χ4v) is 2.06. The predicted molar refractivity (Wildman–Crippen MR) is 61.6 cm³/mol. The number of pyridine rings is 1. The van der Waals surface area contributed by atoms with E-state index in [2.05, 4.69) is 10.3 Å². The average Bonchev–Trinajstić information content (AvgIpc) is 2.25. The number of rotatable bonds is 6. The third-order valence-corrected chi connectivity index (χ3v) is 3.06. The van der Waals surface area contributed by atoms with Crippen LogP contribution in [0, 0.1) is 0 Å². The molecule has 15 heavy (non-hydrogen) atoms. The van der Waals surface area contributed by atoms with Crippen molar-refractivity contribution in [3.05, 3.63) is 24.5 Å². The van der Waals surface area contributed by atoms with Crippen molar-refractivity contribution < 1.29 is 4.79 Å². The lowest BCUT2D eigenvalue weighted by atomic mass is 10.2. The molecular weight excluding hydrogens is 210 g/mol. The molecule has 4 nitrogen and oxygen atoms in total. The Hall–Kier alpha value is -1.07. The van der Waals surface area contributed by atoms with Crippen LogP contribution in [-0.2, 0) is 4.79 Å². The van der Waals surface area contributed by atoms with Crippen molar-refractivity contribution in [2.45, 2.75) is 17.4 Å². The van der Waals surface area contributed by atoms with E-state index in [4.69, 9.17) is 5.73 Å². The number of nitrogens with zero attached hydrogens (tertiary/aromatic N) is 1. The Kier molecular flexibility index (Phi) is 5.14. The summed E-state index contributed by atoms with van der Waals surface area (Å²) >= 11 is 1.69. The molecule has 1 unspecified atom stereocenters. The van der Waals surface area contributed by atoms with Gasteiger partial charge in [-0.2, -0.15) is 0 Å². The summed E-state index contributed by atoms with van der Waals surface area (Å²) in [6.07, 6.45) is 4.25. The minimum atomic E-state index is -0.298. The van der Waals surface area contributed by atoms with Crippen molar-refractivity contribution in [1.29, 1.82) is 0 Å². The lowest BCUT2D eigenvalue weighted by molar-refractivity contribution is -0.119. The van der Waals surface area contributed by atoms with Crippen LogP contribution >= 0.6 is 11.8 Å². The van der Waals surface area contributed by atoms with Crippen LogP contribution in [0.3, 0.4) is 0 Å². The SMILES string of the molecule is CNC(CCSc1ccncc1)C(N)=O. The highest BCUT2D eigenvalue weighted by molar-refractivity contribution is 7.99. The van der Waals surface area contributed by atoms with E-state index in [1.807, 2.05) is 12.1 Å². The second-order valence-electron chi connectivity index (χ2n) is 3.06. The molecule has 0 aromatic carbocycles.